The Hall–Kier alpha value is -2.43. The Balaban J connectivity index is 1.79. The van der Waals surface area contributed by atoms with Gasteiger partial charge in [0.1, 0.15) is 0 Å². The second-order valence-electron chi connectivity index (χ2n) is 9.02. The predicted molar refractivity (Wildman–Crippen MR) is 122 cm³/mol. The van der Waals surface area contributed by atoms with Gasteiger partial charge < -0.3 is 0 Å². The Morgan fingerprint density at radius 3 is 2.07 bits per heavy atom. The second kappa shape index (κ2) is 7.68. The minimum absolute atomic E-state index is 0.0602. The number of aryl methyl sites for hydroxylation is 1. The summed E-state index contributed by atoms with van der Waals surface area (Å²) in [6.45, 7) is 6.84. The lowest BCUT2D eigenvalue weighted by molar-refractivity contribution is 0.331. The van der Waals surface area contributed by atoms with E-state index in [0.29, 0.717) is 11.4 Å². The molecule has 0 bridgehead atoms. The number of sulfonamides is 1. The fraction of sp³-hybridized carbons (Fsp3) is 0.308. The highest BCUT2D eigenvalue weighted by molar-refractivity contribution is 7.89. The van der Waals surface area contributed by atoms with Gasteiger partial charge in [0.15, 0.2) is 0 Å². The first-order chi connectivity index (χ1) is 14.2. The SMILES string of the molecule is Cc1ccc(S(=O)(=O)NCC2(c3ccccc3)CCC(C)(C)c3ccccc32)cc1. The van der Waals surface area contributed by atoms with Gasteiger partial charge in [-0.2, -0.15) is 0 Å². The lowest BCUT2D eigenvalue weighted by Crippen LogP contribution is -2.46. The number of nitrogens with one attached hydrogen (secondary N) is 1. The molecule has 1 atom stereocenters. The van der Waals surface area contributed by atoms with Gasteiger partial charge in [0.25, 0.3) is 0 Å². The number of rotatable bonds is 5. The van der Waals surface area contributed by atoms with Crippen LogP contribution < -0.4 is 4.72 Å². The molecule has 3 aromatic rings. The molecule has 0 aliphatic heterocycles. The van der Waals surface area contributed by atoms with Crippen molar-refractivity contribution in [2.45, 2.75) is 49.3 Å². The number of hydrogen-bond donors (Lipinski definition) is 1. The van der Waals surface area contributed by atoms with Crippen LogP contribution in [-0.4, -0.2) is 15.0 Å². The van der Waals surface area contributed by atoms with Crippen molar-refractivity contribution in [3.63, 3.8) is 0 Å². The minimum Gasteiger partial charge on any atom is -0.210 e. The zero-order valence-electron chi connectivity index (χ0n) is 17.9. The van der Waals surface area contributed by atoms with Crippen molar-refractivity contribution in [3.05, 3.63) is 101 Å². The maximum Gasteiger partial charge on any atom is 0.240 e. The Morgan fingerprint density at radius 1 is 0.800 bits per heavy atom. The van der Waals surface area contributed by atoms with Crippen LogP contribution in [0.5, 0.6) is 0 Å². The molecule has 1 N–H and O–H groups in total. The van der Waals surface area contributed by atoms with Gasteiger partial charge >= 0.3 is 0 Å². The molecule has 0 saturated carbocycles. The molecular formula is C26H29NO2S. The first-order valence-corrected chi connectivity index (χ1v) is 11.9. The third-order valence-corrected chi connectivity index (χ3v) is 7.99. The topological polar surface area (TPSA) is 46.2 Å². The van der Waals surface area contributed by atoms with Crippen LogP contribution in [0.3, 0.4) is 0 Å². The summed E-state index contributed by atoms with van der Waals surface area (Å²) >= 11 is 0. The summed E-state index contributed by atoms with van der Waals surface area (Å²) in [4.78, 5) is 0.306. The van der Waals surface area contributed by atoms with Crippen LogP contribution in [0.1, 0.15) is 48.9 Å². The fourth-order valence-electron chi connectivity index (χ4n) is 4.65. The minimum atomic E-state index is -3.60. The molecule has 3 aromatic carbocycles. The summed E-state index contributed by atoms with van der Waals surface area (Å²) in [6, 6.07) is 25.8. The van der Waals surface area contributed by atoms with E-state index >= 15 is 0 Å². The highest BCUT2D eigenvalue weighted by Crippen LogP contribution is 2.49. The Morgan fingerprint density at radius 2 is 1.40 bits per heavy atom. The molecule has 1 aliphatic carbocycles. The maximum absolute atomic E-state index is 13.1. The molecule has 4 heteroatoms. The molecule has 1 aliphatic rings. The third kappa shape index (κ3) is 3.70. The average Bonchev–Trinajstić information content (AvgIpc) is 2.75. The molecule has 0 aromatic heterocycles. The van der Waals surface area contributed by atoms with E-state index in [1.165, 1.54) is 11.1 Å². The van der Waals surface area contributed by atoms with E-state index in [1.54, 1.807) is 12.1 Å². The van der Waals surface area contributed by atoms with Crippen molar-refractivity contribution < 1.29 is 8.42 Å². The summed E-state index contributed by atoms with van der Waals surface area (Å²) < 4.78 is 29.1. The molecule has 30 heavy (non-hydrogen) atoms. The molecule has 0 fully saturated rings. The third-order valence-electron chi connectivity index (χ3n) is 6.57. The zero-order chi connectivity index (χ0) is 21.4. The molecule has 3 nitrogen and oxygen atoms in total. The van der Waals surface area contributed by atoms with Gasteiger partial charge in [0.2, 0.25) is 10.0 Å². The van der Waals surface area contributed by atoms with E-state index in [4.69, 9.17) is 0 Å². The standard InChI is InChI=1S/C26H29NO2S/c1-20-13-15-22(16-14-20)30(28,29)27-19-26(21-9-5-4-6-10-21)18-17-25(2,3)23-11-7-8-12-24(23)26/h4-16,27H,17-19H2,1-3H3. The van der Waals surface area contributed by atoms with Crippen LogP contribution >= 0.6 is 0 Å². The van der Waals surface area contributed by atoms with Gasteiger partial charge in [-0.1, -0.05) is 86.1 Å². The summed E-state index contributed by atoms with van der Waals surface area (Å²) in [5, 5.41) is 0. The van der Waals surface area contributed by atoms with Crippen LogP contribution in [0, 0.1) is 6.92 Å². The average molecular weight is 420 g/mol. The molecule has 0 amide bonds. The monoisotopic (exact) mass is 419 g/mol. The largest absolute Gasteiger partial charge is 0.240 e. The molecule has 0 radical (unpaired) electrons. The lowest BCUT2D eigenvalue weighted by atomic mass is 9.59. The fourth-order valence-corrected chi connectivity index (χ4v) is 5.74. The van der Waals surface area contributed by atoms with Gasteiger partial charge in [-0.3, -0.25) is 0 Å². The predicted octanol–water partition coefficient (Wildman–Crippen LogP) is 5.33. The van der Waals surface area contributed by atoms with Gasteiger partial charge in [-0.25, -0.2) is 13.1 Å². The molecule has 0 heterocycles. The second-order valence-corrected chi connectivity index (χ2v) is 10.8. The van der Waals surface area contributed by atoms with Crippen molar-refractivity contribution in [2.24, 2.45) is 0 Å². The van der Waals surface area contributed by atoms with E-state index in [0.717, 1.165) is 24.0 Å². The van der Waals surface area contributed by atoms with Crippen LogP contribution in [0.4, 0.5) is 0 Å². The molecule has 1 unspecified atom stereocenters. The first kappa shape index (κ1) is 20.8. The Kier molecular flexibility index (Phi) is 5.33. The molecule has 156 valence electrons. The van der Waals surface area contributed by atoms with Crippen molar-refractivity contribution in [1.29, 1.82) is 0 Å². The number of benzene rings is 3. The van der Waals surface area contributed by atoms with Crippen LogP contribution in [-0.2, 0) is 20.9 Å². The Labute approximate surface area is 180 Å². The first-order valence-electron chi connectivity index (χ1n) is 10.5. The van der Waals surface area contributed by atoms with E-state index in [-0.39, 0.29) is 5.41 Å². The summed E-state index contributed by atoms with van der Waals surface area (Å²) in [7, 11) is -3.60. The highest BCUT2D eigenvalue weighted by atomic mass is 32.2. The van der Waals surface area contributed by atoms with Gasteiger partial charge in [0, 0.05) is 12.0 Å². The van der Waals surface area contributed by atoms with Gasteiger partial charge in [0.05, 0.1) is 4.90 Å². The molecule has 4 rings (SSSR count). The van der Waals surface area contributed by atoms with Crippen LogP contribution in [0.25, 0.3) is 0 Å². The van der Waals surface area contributed by atoms with E-state index in [2.05, 4.69) is 55.0 Å². The van der Waals surface area contributed by atoms with Gasteiger partial charge in [-0.15, -0.1) is 0 Å². The summed E-state index contributed by atoms with van der Waals surface area (Å²) in [5.41, 5.74) is 4.38. The summed E-state index contributed by atoms with van der Waals surface area (Å²) in [5.74, 6) is 0. The van der Waals surface area contributed by atoms with Crippen LogP contribution in [0.15, 0.2) is 83.8 Å². The van der Waals surface area contributed by atoms with Crippen molar-refractivity contribution >= 4 is 10.0 Å². The highest BCUT2D eigenvalue weighted by Gasteiger charge is 2.44. The maximum atomic E-state index is 13.1. The molecule has 0 saturated heterocycles. The van der Waals surface area contributed by atoms with E-state index < -0.39 is 15.4 Å². The quantitative estimate of drug-likeness (QED) is 0.607. The van der Waals surface area contributed by atoms with Crippen molar-refractivity contribution in [3.8, 4) is 0 Å². The molecule has 0 spiro atoms. The van der Waals surface area contributed by atoms with E-state index in [9.17, 15) is 8.42 Å². The number of fused-ring (bicyclic) bond motifs is 1. The normalized spacial score (nSPS) is 20.5. The smallest absolute Gasteiger partial charge is 0.210 e. The lowest BCUT2D eigenvalue weighted by Gasteiger charge is -2.46. The van der Waals surface area contributed by atoms with Crippen LogP contribution in [0.2, 0.25) is 0 Å². The summed E-state index contributed by atoms with van der Waals surface area (Å²) in [6.07, 6.45) is 1.88. The van der Waals surface area contributed by atoms with Crippen molar-refractivity contribution in [2.75, 3.05) is 6.54 Å². The Bertz CT molecular complexity index is 1140. The zero-order valence-corrected chi connectivity index (χ0v) is 18.7. The number of hydrogen-bond acceptors (Lipinski definition) is 2. The van der Waals surface area contributed by atoms with Crippen molar-refractivity contribution in [1.82, 2.24) is 4.72 Å². The van der Waals surface area contributed by atoms with Gasteiger partial charge in [-0.05, 0) is 54.0 Å². The van der Waals surface area contributed by atoms with E-state index in [1.807, 2.05) is 37.3 Å². The molecular weight excluding hydrogens is 390 g/mol.